The lowest BCUT2D eigenvalue weighted by Crippen LogP contribution is -2.30. The quantitative estimate of drug-likeness (QED) is 0.547. The number of Topliss-reactive ketones (excluding diaryl/α,β-unsaturated/α-hetero) is 1. The predicted octanol–water partition coefficient (Wildman–Crippen LogP) is 3.85. The molecule has 0 atom stereocenters. The molecule has 2 N–H and O–H groups in total. The van der Waals surface area contributed by atoms with E-state index in [9.17, 15) is 14.0 Å². The Labute approximate surface area is 172 Å². The number of carbonyl (C=O) groups is 2. The highest BCUT2D eigenvalue weighted by molar-refractivity contribution is 7.19. The lowest BCUT2D eigenvalue weighted by molar-refractivity contribution is 0.101. The van der Waals surface area contributed by atoms with Crippen LogP contribution in [0.25, 0.3) is 10.4 Å². The predicted molar refractivity (Wildman–Crippen MR) is 111 cm³/mol. The van der Waals surface area contributed by atoms with Gasteiger partial charge >= 0.3 is 6.03 Å². The minimum Gasteiger partial charge on any atom is -0.337 e. The molecular formula is C20H22FN5O2S. The maximum Gasteiger partial charge on any atom is 0.321 e. The fourth-order valence-corrected chi connectivity index (χ4v) is 3.74. The molecule has 0 unspecified atom stereocenters. The zero-order chi connectivity index (χ0) is 20.8. The fourth-order valence-electron chi connectivity index (χ4n) is 2.77. The van der Waals surface area contributed by atoms with Crippen molar-refractivity contribution < 1.29 is 14.0 Å². The molecule has 0 aliphatic rings. The molecule has 3 rings (SSSR count). The minimum atomic E-state index is -0.438. The third-order valence-electron chi connectivity index (χ3n) is 4.27. The standard InChI is InChI=1S/C20H22FN5O2S/c1-13-18(16-5-3-15(4-6-16)14(2)27)29-20(24-13)25-19(28)22-9-7-17-11-26(10-8-21)12-23-17/h3-6,11-12H,7-10H2,1-2H3,(H2,22,24,25,28). The normalized spacial score (nSPS) is 10.7. The van der Waals surface area contributed by atoms with Gasteiger partial charge in [-0.15, -0.1) is 0 Å². The van der Waals surface area contributed by atoms with Crippen molar-refractivity contribution in [1.29, 1.82) is 0 Å². The SMILES string of the molecule is CC(=O)c1ccc(-c2sc(NC(=O)NCCc3cn(CCF)cn3)nc2C)cc1. The first-order chi connectivity index (χ1) is 14.0. The summed E-state index contributed by atoms with van der Waals surface area (Å²) in [6, 6.07) is 6.98. The Kier molecular flexibility index (Phi) is 6.71. The van der Waals surface area contributed by atoms with Crippen LogP contribution in [0.5, 0.6) is 0 Å². The lowest BCUT2D eigenvalue weighted by atomic mass is 10.1. The number of hydrogen-bond donors (Lipinski definition) is 2. The Bertz CT molecular complexity index is 997. The molecule has 0 radical (unpaired) electrons. The van der Waals surface area contributed by atoms with Crippen LogP contribution in [0.4, 0.5) is 14.3 Å². The Morgan fingerprint density at radius 3 is 2.69 bits per heavy atom. The summed E-state index contributed by atoms with van der Waals surface area (Å²) in [7, 11) is 0. The van der Waals surface area contributed by atoms with Crippen molar-refractivity contribution in [3.8, 4) is 10.4 Å². The van der Waals surface area contributed by atoms with Gasteiger partial charge in [0.05, 0.1) is 29.1 Å². The number of anilines is 1. The van der Waals surface area contributed by atoms with Crippen molar-refractivity contribution in [1.82, 2.24) is 19.9 Å². The van der Waals surface area contributed by atoms with E-state index in [4.69, 9.17) is 0 Å². The molecule has 0 aliphatic carbocycles. The van der Waals surface area contributed by atoms with Gasteiger partial charge in [-0.25, -0.2) is 19.2 Å². The Balaban J connectivity index is 1.54. The number of nitrogens with zero attached hydrogens (tertiary/aromatic N) is 3. The van der Waals surface area contributed by atoms with Crippen LogP contribution in [0.15, 0.2) is 36.8 Å². The fraction of sp³-hybridized carbons (Fsp3) is 0.300. The number of thiazole rings is 1. The van der Waals surface area contributed by atoms with Gasteiger partial charge in [0.2, 0.25) is 0 Å². The average Bonchev–Trinajstić information content (AvgIpc) is 3.28. The van der Waals surface area contributed by atoms with E-state index in [1.165, 1.54) is 18.3 Å². The van der Waals surface area contributed by atoms with Crippen molar-refractivity contribution >= 4 is 28.3 Å². The van der Waals surface area contributed by atoms with Gasteiger partial charge in [0.25, 0.3) is 0 Å². The topological polar surface area (TPSA) is 88.9 Å². The molecule has 2 aromatic heterocycles. The first-order valence-electron chi connectivity index (χ1n) is 9.16. The van der Waals surface area contributed by atoms with Gasteiger partial charge in [0.15, 0.2) is 10.9 Å². The van der Waals surface area contributed by atoms with Gasteiger partial charge in [-0.2, -0.15) is 0 Å². The van der Waals surface area contributed by atoms with Gasteiger partial charge in [-0.1, -0.05) is 35.6 Å². The number of benzene rings is 1. The second-order valence-corrected chi connectivity index (χ2v) is 7.49. The van der Waals surface area contributed by atoms with E-state index in [0.717, 1.165) is 21.8 Å². The molecule has 3 aromatic rings. The first-order valence-corrected chi connectivity index (χ1v) is 9.98. The molecule has 152 valence electrons. The average molecular weight is 415 g/mol. The van der Waals surface area contributed by atoms with E-state index in [0.29, 0.717) is 23.7 Å². The van der Waals surface area contributed by atoms with Gasteiger partial charge in [-0.05, 0) is 19.4 Å². The van der Waals surface area contributed by atoms with Crippen molar-refractivity contribution in [2.75, 3.05) is 18.5 Å². The third-order valence-corrected chi connectivity index (χ3v) is 5.39. The Morgan fingerprint density at radius 1 is 1.24 bits per heavy atom. The molecule has 0 aliphatic heterocycles. The summed E-state index contributed by atoms with van der Waals surface area (Å²) >= 11 is 1.37. The number of rotatable bonds is 8. The third kappa shape index (κ3) is 5.47. The number of halogens is 1. The maximum absolute atomic E-state index is 12.3. The van der Waals surface area contributed by atoms with Crippen molar-refractivity contribution in [2.45, 2.75) is 26.8 Å². The van der Waals surface area contributed by atoms with Crippen LogP contribution in [0.2, 0.25) is 0 Å². The number of carbonyl (C=O) groups excluding carboxylic acids is 2. The summed E-state index contributed by atoms with van der Waals surface area (Å²) in [4.78, 5) is 33.0. The van der Waals surface area contributed by atoms with Crippen LogP contribution in [-0.4, -0.2) is 39.6 Å². The van der Waals surface area contributed by atoms with E-state index >= 15 is 0 Å². The molecule has 0 saturated carbocycles. The Hall–Kier alpha value is -3.07. The number of amides is 2. The molecule has 0 fully saturated rings. The van der Waals surface area contributed by atoms with E-state index in [1.807, 2.05) is 19.1 Å². The van der Waals surface area contributed by atoms with Gasteiger partial charge in [0.1, 0.15) is 6.67 Å². The number of hydrogen-bond acceptors (Lipinski definition) is 5. The number of nitrogens with one attached hydrogen (secondary N) is 2. The van der Waals surface area contributed by atoms with E-state index < -0.39 is 6.67 Å². The van der Waals surface area contributed by atoms with Gasteiger partial charge < -0.3 is 9.88 Å². The highest BCUT2D eigenvalue weighted by Crippen LogP contribution is 2.32. The summed E-state index contributed by atoms with van der Waals surface area (Å²) in [6.45, 7) is 3.66. The van der Waals surface area contributed by atoms with E-state index in [-0.39, 0.29) is 18.4 Å². The molecule has 0 bridgehead atoms. The molecule has 29 heavy (non-hydrogen) atoms. The summed E-state index contributed by atoms with van der Waals surface area (Å²) in [5.41, 5.74) is 3.20. The number of imidazole rings is 1. The lowest BCUT2D eigenvalue weighted by Gasteiger charge is -2.04. The second-order valence-electron chi connectivity index (χ2n) is 6.49. The second kappa shape index (κ2) is 9.42. The summed E-state index contributed by atoms with van der Waals surface area (Å²) in [5.74, 6) is 0.0192. The molecule has 0 saturated heterocycles. The van der Waals surface area contributed by atoms with Crippen LogP contribution in [0.3, 0.4) is 0 Å². The number of aromatic nitrogens is 3. The van der Waals surface area contributed by atoms with Crippen molar-refractivity contribution in [3.05, 3.63) is 53.7 Å². The number of aryl methyl sites for hydroxylation is 2. The molecule has 0 spiro atoms. The molecule has 7 nitrogen and oxygen atoms in total. The highest BCUT2D eigenvalue weighted by atomic mass is 32.1. The van der Waals surface area contributed by atoms with Crippen molar-refractivity contribution in [2.24, 2.45) is 0 Å². The first kappa shape index (κ1) is 20.7. The zero-order valence-electron chi connectivity index (χ0n) is 16.2. The van der Waals surface area contributed by atoms with Gasteiger partial charge in [-0.3, -0.25) is 10.1 Å². The van der Waals surface area contributed by atoms with Crippen LogP contribution in [0.1, 0.15) is 28.7 Å². The van der Waals surface area contributed by atoms with Crippen LogP contribution < -0.4 is 10.6 Å². The number of alkyl halides is 1. The minimum absolute atomic E-state index is 0.0192. The Morgan fingerprint density at radius 2 is 2.00 bits per heavy atom. The molecule has 2 amide bonds. The summed E-state index contributed by atoms with van der Waals surface area (Å²) in [6.07, 6.45) is 3.90. The smallest absolute Gasteiger partial charge is 0.321 e. The maximum atomic E-state index is 12.3. The number of ketones is 1. The van der Waals surface area contributed by atoms with Gasteiger partial charge in [0, 0.05) is 24.7 Å². The molecule has 2 heterocycles. The monoisotopic (exact) mass is 415 g/mol. The van der Waals surface area contributed by atoms with E-state index in [1.54, 1.807) is 29.2 Å². The van der Waals surface area contributed by atoms with Crippen molar-refractivity contribution in [3.63, 3.8) is 0 Å². The van der Waals surface area contributed by atoms with Crippen LogP contribution >= 0.6 is 11.3 Å². The molecule has 1 aromatic carbocycles. The summed E-state index contributed by atoms with van der Waals surface area (Å²) < 4.78 is 14.0. The molecule has 9 heteroatoms. The van der Waals surface area contributed by atoms with Crippen LogP contribution in [0, 0.1) is 6.92 Å². The highest BCUT2D eigenvalue weighted by Gasteiger charge is 2.12. The molecular weight excluding hydrogens is 393 g/mol. The number of urea groups is 1. The zero-order valence-corrected chi connectivity index (χ0v) is 17.1. The van der Waals surface area contributed by atoms with E-state index in [2.05, 4.69) is 20.6 Å². The summed E-state index contributed by atoms with van der Waals surface area (Å²) in [5, 5.41) is 6.01. The van der Waals surface area contributed by atoms with Crippen LogP contribution in [-0.2, 0) is 13.0 Å². The largest absolute Gasteiger partial charge is 0.337 e.